The second-order valence-electron chi connectivity index (χ2n) is 6.78. The molecule has 0 spiro atoms. The Morgan fingerprint density at radius 3 is 2.07 bits per heavy atom. The highest BCUT2D eigenvalue weighted by Gasteiger charge is 2.09. The molecule has 0 nitrogen and oxygen atoms in total. The standard InChI is InChI=1S/C26H17Cl/c27-22-16-20(18-7-2-1-3-8-18)15-21(17-22)24-11-6-12-25-23-10-5-4-9-19(23)13-14-26(24)25/h1-17H. The van der Waals surface area contributed by atoms with Crippen molar-refractivity contribution in [1.82, 2.24) is 0 Å². The molecular formula is C26H17Cl. The van der Waals surface area contributed by atoms with Crippen molar-refractivity contribution in [3.8, 4) is 22.3 Å². The van der Waals surface area contributed by atoms with E-state index >= 15 is 0 Å². The first kappa shape index (κ1) is 16.1. The second kappa shape index (κ2) is 6.57. The van der Waals surface area contributed by atoms with Gasteiger partial charge in [0.05, 0.1) is 0 Å². The van der Waals surface area contributed by atoms with Crippen LogP contribution in [0, 0.1) is 0 Å². The predicted molar refractivity (Wildman–Crippen MR) is 117 cm³/mol. The van der Waals surface area contributed by atoms with E-state index < -0.39 is 0 Å². The second-order valence-corrected chi connectivity index (χ2v) is 7.22. The van der Waals surface area contributed by atoms with E-state index in [1.165, 1.54) is 32.7 Å². The Labute approximate surface area is 163 Å². The van der Waals surface area contributed by atoms with Crippen molar-refractivity contribution in [2.45, 2.75) is 0 Å². The van der Waals surface area contributed by atoms with Crippen molar-refractivity contribution in [2.24, 2.45) is 0 Å². The van der Waals surface area contributed by atoms with Crippen molar-refractivity contribution in [2.75, 3.05) is 0 Å². The Morgan fingerprint density at radius 1 is 0.444 bits per heavy atom. The molecule has 5 aromatic rings. The van der Waals surface area contributed by atoms with Crippen LogP contribution in [0.4, 0.5) is 0 Å². The zero-order valence-electron chi connectivity index (χ0n) is 14.7. The maximum absolute atomic E-state index is 6.50. The molecule has 0 aromatic heterocycles. The highest BCUT2D eigenvalue weighted by atomic mass is 35.5. The summed E-state index contributed by atoms with van der Waals surface area (Å²) in [6, 6.07) is 36.1. The largest absolute Gasteiger partial charge is 0.0843 e. The van der Waals surface area contributed by atoms with Gasteiger partial charge in [-0.05, 0) is 62.0 Å². The molecule has 0 N–H and O–H groups in total. The Morgan fingerprint density at radius 2 is 1.19 bits per heavy atom. The Balaban J connectivity index is 1.77. The van der Waals surface area contributed by atoms with E-state index in [0.717, 1.165) is 16.1 Å². The predicted octanol–water partition coefficient (Wildman–Crippen LogP) is 7.98. The number of fused-ring (bicyclic) bond motifs is 3. The summed E-state index contributed by atoms with van der Waals surface area (Å²) >= 11 is 6.50. The van der Waals surface area contributed by atoms with E-state index in [2.05, 4.69) is 91.0 Å². The van der Waals surface area contributed by atoms with Gasteiger partial charge in [-0.25, -0.2) is 0 Å². The summed E-state index contributed by atoms with van der Waals surface area (Å²) < 4.78 is 0. The van der Waals surface area contributed by atoms with Crippen molar-refractivity contribution >= 4 is 33.1 Å². The van der Waals surface area contributed by atoms with E-state index in [4.69, 9.17) is 11.6 Å². The first-order valence-electron chi connectivity index (χ1n) is 9.06. The molecule has 0 aliphatic heterocycles. The van der Waals surface area contributed by atoms with Gasteiger partial charge < -0.3 is 0 Å². The van der Waals surface area contributed by atoms with E-state index in [0.29, 0.717) is 0 Å². The van der Waals surface area contributed by atoms with Gasteiger partial charge in [-0.3, -0.25) is 0 Å². The molecule has 0 heterocycles. The van der Waals surface area contributed by atoms with Crippen LogP contribution in [-0.2, 0) is 0 Å². The molecule has 0 aliphatic rings. The van der Waals surface area contributed by atoms with Crippen molar-refractivity contribution in [1.29, 1.82) is 0 Å². The average molecular weight is 365 g/mol. The highest BCUT2D eigenvalue weighted by Crippen LogP contribution is 2.36. The molecule has 0 unspecified atom stereocenters. The van der Waals surface area contributed by atoms with Crippen LogP contribution < -0.4 is 0 Å². The van der Waals surface area contributed by atoms with Crippen LogP contribution in [0.25, 0.3) is 43.8 Å². The maximum Gasteiger partial charge on any atom is 0.0418 e. The molecule has 5 aromatic carbocycles. The Kier molecular flexibility index (Phi) is 3.92. The molecule has 5 rings (SSSR count). The molecule has 128 valence electrons. The van der Waals surface area contributed by atoms with E-state index in [1.807, 2.05) is 12.1 Å². The molecule has 0 amide bonds. The normalized spacial score (nSPS) is 11.1. The van der Waals surface area contributed by atoms with Gasteiger partial charge >= 0.3 is 0 Å². The van der Waals surface area contributed by atoms with Gasteiger partial charge in [0.2, 0.25) is 0 Å². The fourth-order valence-corrected chi connectivity index (χ4v) is 4.07. The third-order valence-electron chi connectivity index (χ3n) is 5.10. The first-order chi connectivity index (χ1) is 13.3. The quantitative estimate of drug-likeness (QED) is 0.278. The minimum Gasteiger partial charge on any atom is -0.0843 e. The average Bonchev–Trinajstić information content (AvgIpc) is 2.73. The van der Waals surface area contributed by atoms with Gasteiger partial charge in [0.1, 0.15) is 0 Å². The lowest BCUT2D eigenvalue weighted by Gasteiger charge is -2.12. The minimum atomic E-state index is 0.754. The van der Waals surface area contributed by atoms with Crippen molar-refractivity contribution in [3.05, 3.63) is 108 Å². The summed E-state index contributed by atoms with van der Waals surface area (Å²) in [4.78, 5) is 0. The van der Waals surface area contributed by atoms with Crippen molar-refractivity contribution in [3.63, 3.8) is 0 Å². The SMILES string of the molecule is Clc1cc(-c2ccccc2)cc(-c2cccc3c2ccc2ccccc23)c1. The minimum absolute atomic E-state index is 0.754. The molecule has 0 fully saturated rings. The van der Waals surface area contributed by atoms with Crippen LogP contribution in [0.3, 0.4) is 0 Å². The van der Waals surface area contributed by atoms with Gasteiger partial charge in [0.15, 0.2) is 0 Å². The van der Waals surface area contributed by atoms with Gasteiger partial charge in [-0.2, -0.15) is 0 Å². The lowest BCUT2D eigenvalue weighted by atomic mass is 9.93. The van der Waals surface area contributed by atoms with Gasteiger partial charge in [-0.15, -0.1) is 0 Å². The topological polar surface area (TPSA) is 0 Å². The third-order valence-corrected chi connectivity index (χ3v) is 5.32. The molecule has 27 heavy (non-hydrogen) atoms. The summed E-state index contributed by atoms with van der Waals surface area (Å²) in [5.41, 5.74) is 4.66. The lowest BCUT2D eigenvalue weighted by Crippen LogP contribution is -1.85. The first-order valence-corrected chi connectivity index (χ1v) is 9.44. The number of benzene rings is 5. The van der Waals surface area contributed by atoms with Crippen LogP contribution in [0.2, 0.25) is 5.02 Å². The zero-order chi connectivity index (χ0) is 18.2. The molecule has 0 aliphatic carbocycles. The van der Waals surface area contributed by atoms with Crippen LogP contribution in [0.15, 0.2) is 103 Å². The number of hydrogen-bond acceptors (Lipinski definition) is 0. The summed E-state index contributed by atoms with van der Waals surface area (Å²) in [5.74, 6) is 0. The fourth-order valence-electron chi connectivity index (χ4n) is 3.83. The van der Waals surface area contributed by atoms with Gasteiger partial charge in [0, 0.05) is 5.02 Å². The number of rotatable bonds is 2. The molecule has 0 atom stereocenters. The summed E-state index contributed by atoms with van der Waals surface area (Å²) in [6.45, 7) is 0. The highest BCUT2D eigenvalue weighted by molar-refractivity contribution is 6.31. The van der Waals surface area contributed by atoms with Crippen LogP contribution in [0.1, 0.15) is 0 Å². The smallest absolute Gasteiger partial charge is 0.0418 e. The summed E-state index contributed by atoms with van der Waals surface area (Å²) in [7, 11) is 0. The van der Waals surface area contributed by atoms with Crippen LogP contribution in [-0.4, -0.2) is 0 Å². The summed E-state index contributed by atoms with van der Waals surface area (Å²) in [6.07, 6.45) is 0. The monoisotopic (exact) mass is 364 g/mol. The zero-order valence-corrected chi connectivity index (χ0v) is 15.4. The summed E-state index contributed by atoms with van der Waals surface area (Å²) in [5, 5.41) is 5.81. The van der Waals surface area contributed by atoms with E-state index in [1.54, 1.807) is 0 Å². The third kappa shape index (κ3) is 2.89. The van der Waals surface area contributed by atoms with Gasteiger partial charge in [0.25, 0.3) is 0 Å². The van der Waals surface area contributed by atoms with E-state index in [-0.39, 0.29) is 0 Å². The molecule has 1 heteroatoms. The maximum atomic E-state index is 6.50. The van der Waals surface area contributed by atoms with E-state index in [9.17, 15) is 0 Å². The number of hydrogen-bond donors (Lipinski definition) is 0. The Hall–Kier alpha value is -3.09. The molecular weight excluding hydrogens is 348 g/mol. The van der Waals surface area contributed by atoms with Crippen LogP contribution >= 0.6 is 11.6 Å². The molecule has 0 saturated heterocycles. The molecule has 0 radical (unpaired) electrons. The molecule has 0 bridgehead atoms. The van der Waals surface area contributed by atoms with Crippen molar-refractivity contribution < 1.29 is 0 Å². The lowest BCUT2D eigenvalue weighted by molar-refractivity contribution is 1.60. The van der Waals surface area contributed by atoms with Crippen LogP contribution in [0.5, 0.6) is 0 Å². The molecule has 0 saturated carbocycles. The fraction of sp³-hybridized carbons (Fsp3) is 0. The number of halogens is 1. The van der Waals surface area contributed by atoms with Gasteiger partial charge in [-0.1, -0.05) is 96.5 Å². The Bertz CT molecular complexity index is 1270.